The Bertz CT molecular complexity index is 389. The molecule has 0 rings (SSSR count). The molecular formula is C12H17N3O6. The van der Waals surface area contributed by atoms with Gasteiger partial charge in [-0.2, -0.15) is 9.98 Å². The van der Waals surface area contributed by atoms with Crippen LogP contribution in [0.4, 0.5) is 0 Å². The number of aliphatic imine (C=N–C) groups is 2. The highest BCUT2D eigenvalue weighted by Crippen LogP contribution is 1.91. The molecule has 116 valence electrons. The summed E-state index contributed by atoms with van der Waals surface area (Å²) in [5.41, 5.74) is 0. The minimum atomic E-state index is -0.604. The summed E-state index contributed by atoms with van der Waals surface area (Å²) in [7, 11) is 0. The summed E-state index contributed by atoms with van der Waals surface area (Å²) in [4.78, 5) is 49.8. The number of hydrogen-bond acceptors (Lipinski definition) is 9. The Morgan fingerprint density at radius 1 is 0.952 bits per heavy atom. The number of carbonyl (C=O) groups is 2. The van der Waals surface area contributed by atoms with Gasteiger partial charge in [0.2, 0.25) is 12.2 Å². The topological polar surface area (TPSA) is 115 Å². The fourth-order valence-corrected chi connectivity index (χ4v) is 1.29. The van der Waals surface area contributed by atoms with Crippen molar-refractivity contribution in [1.29, 1.82) is 0 Å². The van der Waals surface area contributed by atoms with Gasteiger partial charge in [-0.25, -0.2) is 9.59 Å². The van der Waals surface area contributed by atoms with Crippen LogP contribution >= 0.6 is 0 Å². The monoisotopic (exact) mass is 299 g/mol. The maximum absolute atomic E-state index is 11.1. The fraction of sp³-hybridized carbons (Fsp3) is 0.667. The van der Waals surface area contributed by atoms with Crippen molar-refractivity contribution < 1.29 is 28.7 Å². The Balaban J connectivity index is 3.80. The van der Waals surface area contributed by atoms with Crippen molar-refractivity contribution in [3.63, 3.8) is 0 Å². The summed E-state index contributed by atoms with van der Waals surface area (Å²) >= 11 is 0. The number of esters is 2. The van der Waals surface area contributed by atoms with Crippen LogP contribution in [0.15, 0.2) is 9.98 Å². The Labute approximate surface area is 121 Å². The number of hydrogen-bond donors (Lipinski definition) is 0. The maximum Gasteiger partial charge on any atom is 0.328 e. The maximum atomic E-state index is 11.1. The zero-order valence-electron chi connectivity index (χ0n) is 11.7. The predicted molar refractivity (Wildman–Crippen MR) is 70.0 cm³/mol. The molecule has 0 amide bonds. The third-order valence-corrected chi connectivity index (χ3v) is 2.33. The van der Waals surface area contributed by atoms with Crippen LogP contribution in [0.5, 0.6) is 0 Å². The van der Waals surface area contributed by atoms with Crippen LogP contribution in [0.1, 0.15) is 6.92 Å². The molecular weight excluding hydrogens is 282 g/mol. The molecule has 0 atom stereocenters. The lowest BCUT2D eigenvalue weighted by Crippen LogP contribution is -2.32. The van der Waals surface area contributed by atoms with E-state index in [1.54, 1.807) is 0 Å². The standard InChI is InChI=1S/C12H17N3O6/c1-2-15(3-5-20-11(18)7-13-9-16)4-6-21-12(19)8-14-10-17/h2-8H2,1H3. The molecule has 0 saturated heterocycles. The molecule has 0 aliphatic carbocycles. The van der Waals surface area contributed by atoms with Gasteiger partial charge >= 0.3 is 11.9 Å². The Kier molecular flexibility index (Phi) is 11.3. The van der Waals surface area contributed by atoms with E-state index >= 15 is 0 Å². The average molecular weight is 299 g/mol. The van der Waals surface area contributed by atoms with Crippen molar-refractivity contribution in [3.8, 4) is 0 Å². The smallest absolute Gasteiger partial charge is 0.328 e. The molecule has 0 fully saturated rings. The van der Waals surface area contributed by atoms with Gasteiger partial charge in [-0.05, 0) is 6.54 Å². The summed E-state index contributed by atoms with van der Waals surface area (Å²) in [5.74, 6) is -1.21. The fourth-order valence-electron chi connectivity index (χ4n) is 1.29. The van der Waals surface area contributed by atoms with Crippen molar-refractivity contribution in [3.05, 3.63) is 0 Å². The zero-order valence-corrected chi connectivity index (χ0v) is 11.7. The third-order valence-electron chi connectivity index (χ3n) is 2.33. The normalized spacial score (nSPS) is 9.43. The summed E-state index contributed by atoms with van der Waals surface area (Å²) < 4.78 is 9.68. The summed E-state index contributed by atoms with van der Waals surface area (Å²) in [6, 6.07) is 0. The summed E-state index contributed by atoms with van der Waals surface area (Å²) in [6.07, 6.45) is 2.49. The Morgan fingerprint density at radius 2 is 1.38 bits per heavy atom. The van der Waals surface area contributed by atoms with Gasteiger partial charge in [0.25, 0.3) is 0 Å². The summed E-state index contributed by atoms with van der Waals surface area (Å²) in [5, 5.41) is 0. The first-order valence-corrected chi connectivity index (χ1v) is 6.24. The van der Waals surface area contributed by atoms with Gasteiger partial charge in [0, 0.05) is 13.1 Å². The number of carbonyl (C=O) groups excluding carboxylic acids is 4. The molecule has 0 N–H and O–H groups in total. The molecule has 0 aromatic heterocycles. The second-order valence-corrected chi connectivity index (χ2v) is 3.69. The van der Waals surface area contributed by atoms with Crippen LogP contribution in [0.3, 0.4) is 0 Å². The minimum Gasteiger partial charge on any atom is -0.463 e. The highest BCUT2D eigenvalue weighted by Gasteiger charge is 2.07. The quantitative estimate of drug-likeness (QED) is 0.275. The molecule has 0 aromatic carbocycles. The first kappa shape index (κ1) is 18.7. The molecule has 9 heteroatoms. The second kappa shape index (κ2) is 12.7. The van der Waals surface area contributed by atoms with Gasteiger partial charge in [0.1, 0.15) is 26.3 Å². The van der Waals surface area contributed by atoms with Crippen molar-refractivity contribution in [2.45, 2.75) is 6.92 Å². The SMILES string of the molecule is CCN(CCOC(=O)CN=C=O)CCOC(=O)CN=C=O. The molecule has 0 bridgehead atoms. The molecule has 0 saturated carbocycles. The highest BCUT2D eigenvalue weighted by atomic mass is 16.5. The van der Waals surface area contributed by atoms with Crippen LogP contribution in [-0.2, 0) is 28.7 Å². The van der Waals surface area contributed by atoms with E-state index in [1.807, 2.05) is 11.8 Å². The molecule has 0 unspecified atom stereocenters. The van der Waals surface area contributed by atoms with Gasteiger partial charge < -0.3 is 9.47 Å². The zero-order chi connectivity index (χ0) is 15.9. The number of isocyanates is 2. The minimum absolute atomic E-state index is 0.143. The molecule has 0 radical (unpaired) electrons. The van der Waals surface area contributed by atoms with E-state index in [0.29, 0.717) is 19.6 Å². The van der Waals surface area contributed by atoms with E-state index < -0.39 is 11.9 Å². The van der Waals surface area contributed by atoms with Gasteiger partial charge in [-0.3, -0.25) is 14.5 Å². The molecule has 0 aromatic rings. The summed E-state index contributed by atoms with van der Waals surface area (Å²) in [6.45, 7) is 3.09. The van der Waals surface area contributed by atoms with Crippen molar-refractivity contribution >= 4 is 24.1 Å². The Morgan fingerprint density at radius 3 is 1.71 bits per heavy atom. The predicted octanol–water partition coefficient (Wildman–Crippen LogP) is -0.934. The van der Waals surface area contributed by atoms with E-state index in [2.05, 4.69) is 9.98 Å². The Hall–Kier alpha value is -2.34. The lowest BCUT2D eigenvalue weighted by Gasteiger charge is -2.19. The molecule has 21 heavy (non-hydrogen) atoms. The highest BCUT2D eigenvalue weighted by molar-refractivity contribution is 5.73. The number of nitrogens with zero attached hydrogens (tertiary/aromatic N) is 3. The lowest BCUT2D eigenvalue weighted by atomic mass is 10.4. The van der Waals surface area contributed by atoms with Crippen LogP contribution in [0.25, 0.3) is 0 Å². The largest absolute Gasteiger partial charge is 0.463 e. The number of rotatable bonds is 11. The van der Waals surface area contributed by atoms with Crippen molar-refractivity contribution in [2.24, 2.45) is 9.98 Å². The van der Waals surface area contributed by atoms with Crippen LogP contribution < -0.4 is 0 Å². The van der Waals surface area contributed by atoms with Gasteiger partial charge in [0.15, 0.2) is 0 Å². The third kappa shape index (κ3) is 11.2. The van der Waals surface area contributed by atoms with Crippen molar-refractivity contribution in [1.82, 2.24) is 4.90 Å². The second-order valence-electron chi connectivity index (χ2n) is 3.69. The first-order valence-electron chi connectivity index (χ1n) is 6.24. The first-order chi connectivity index (χ1) is 10.1. The van der Waals surface area contributed by atoms with Crippen LogP contribution in [0.2, 0.25) is 0 Å². The van der Waals surface area contributed by atoms with E-state index in [0.717, 1.165) is 0 Å². The van der Waals surface area contributed by atoms with E-state index in [-0.39, 0.29) is 26.3 Å². The van der Waals surface area contributed by atoms with Gasteiger partial charge in [0.05, 0.1) is 0 Å². The van der Waals surface area contributed by atoms with Gasteiger partial charge in [-0.1, -0.05) is 6.92 Å². The van der Waals surface area contributed by atoms with Crippen LogP contribution in [-0.4, -0.2) is 74.9 Å². The van der Waals surface area contributed by atoms with E-state index in [1.165, 1.54) is 12.2 Å². The van der Waals surface area contributed by atoms with E-state index in [9.17, 15) is 19.2 Å². The molecule has 0 spiro atoms. The van der Waals surface area contributed by atoms with Gasteiger partial charge in [-0.15, -0.1) is 0 Å². The van der Waals surface area contributed by atoms with Crippen LogP contribution in [0, 0.1) is 0 Å². The number of likely N-dealkylation sites (N-methyl/N-ethyl adjacent to an activating group) is 1. The molecule has 0 aliphatic heterocycles. The molecule has 0 heterocycles. The average Bonchev–Trinajstić information content (AvgIpc) is 2.49. The molecule has 9 nitrogen and oxygen atoms in total. The lowest BCUT2D eigenvalue weighted by molar-refractivity contribution is -0.142. The number of ether oxygens (including phenoxy) is 2. The van der Waals surface area contributed by atoms with Crippen molar-refractivity contribution in [2.75, 3.05) is 45.9 Å². The van der Waals surface area contributed by atoms with E-state index in [4.69, 9.17) is 9.47 Å². The molecule has 0 aliphatic rings.